The Kier molecular flexibility index (Phi) is 3.87. The van der Waals surface area contributed by atoms with Gasteiger partial charge >= 0.3 is 5.97 Å². The Bertz CT molecular complexity index is 629. The highest BCUT2D eigenvalue weighted by Crippen LogP contribution is 2.15. The number of hydrogen-bond acceptors (Lipinski definition) is 5. The summed E-state index contributed by atoms with van der Waals surface area (Å²) in [7, 11) is 1.33. The van der Waals surface area contributed by atoms with Crippen LogP contribution in [0.4, 0.5) is 5.69 Å². The molecule has 2 rings (SSSR count). The maximum atomic E-state index is 11.4. The van der Waals surface area contributed by atoms with Gasteiger partial charge in [-0.05, 0) is 30.3 Å². The largest absolute Gasteiger partial charge is 0.465 e. The number of hydrogen-bond donors (Lipinski definition) is 1. The summed E-state index contributed by atoms with van der Waals surface area (Å²) < 4.78 is 9.91. The van der Waals surface area contributed by atoms with Crippen LogP contribution in [0.1, 0.15) is 21.9 Å². The number of aliphatic imine (C=N–C) groups is 1. The smallest absolute Gasteiger partial charge is 0.337 e. The van der Waals surface area contributed by atoms with Gasteiger partial charge in [-0.3, -0.25) is 4.99 Å². The highest BCUT2D eigenvalue weighted by Gasteiger charge is 2.04. The Morgan fingerprint density at radius 2 is 2.11 bits per heavy atom. The zero-order valence-electron chi connectivity index (χ0n) is 10.3. The van der Waals surface area contributed by atoms with Crippen molar-refractivity contribution >= 4 is 24.1 Å². The number of esters is 1. The first kappa shape index (κ1) is 12.8. The lowest BCUT2D eigenvalue weighted by Gasteiger charge is -1.99. The number of ether oxygens (including phenoxy) is 1. The molecule has 0 saturated heterocycles. The lowest BCUT2D eigenvalue weighted by atomic mass is 10.2. The van der Waals surface area contributed by atoms with E-state index in [1.165, 1.54) is 13.3 Å². The summed E-state index contributed by atoms with van der Waals surface area (Å²) in [5, 5.41) is 7.04. The molecule has 1 N–H and O–H groups in total. The fourth-order valence-corrected chi connectivity index (χ4v) is 1.48. The minimum absolute atomic E-state index is 0.402. The fraction of sp³-hybridized carbons (Fsp3) is 0.0714. The zero-order chi connectivity index (χ0) is 13.7. The quantitative estimate of drug-likeness (QED) is 0.675. The van der Waals surface area contributed by atoms with Crippen LogP contribution in [0.15, 0.2) is 45.8 Å². The van der Waals surface area contributed by atoms with Crippen molar-refractivity contribution in [3.63, 3.8) is 0 Å². The van der Waals surface area contributed by atoms with E-state index in [0.717, 1.165) is 6.21 Å². The Morgan fingerprint density at radius 1 is 1.32 bits per heavy atom. The summed E-state index contributed by atoms with van der Waals surface area (Å²) in [5.41, 5.74) is 1.06. The van der Waals surface area contributed by atoms with Crippen molar-refractivity contribution in [1.82, 2.24) is 0 Å². The third-order valence-corrected chi connectivity index (χ3v) is 2.40. The number of nitrogens with zero attached hydrogens (tertiary/aromatic N) is 1. The summed E-state index contributed by atoms with van der Waals surface area (Å²) >= 11 is 0. The second kappa shape index (κ2) is 5.77. The van der Waals surface area contributed by atoms with E-state index in [4.69, 9.17) is 9.83 Å². The molecule has 1 aromatic heterocycles. The summed E-state index contributed by atoms with van der Waals surface area (Å²) in [6.07, 6.45) is 2.65. The van der Waals surface area contributed by atoms with E-state index < -0.39 is 5.97 Å². The summed E-state index contributed by atoms with van der Waals surface area (Å²) in [4.78, 5) is 15.6. The standard InChI is InChI=1S/C14H12N2O3/c1-18-14(17)10-3-2-4-11(7-10)16-9-13-6-5-12(8-15)19-13/h2-9,15H,1H3. The van der Waals surface area contributed by atoms with Crippen LogP contribution in [0.2, 0.25) is 0 Å². The molecule has 1 heterocycles. The average Bonchev–Trinajstić information content (AvgIpc) is 2.92. The predicted molar refractivity (Wildman–Crippen MR) is 71.6 cm³/mol. The van der Waals surface area contributed by atoms with Crippen molar-refractivity contribution in [2.24, 2.45) is 4.99 Å². The normalized spacial score (nSPS) is 10.6. The van der Waals surface area contributed by atoms with Gasteiger partial charge in [0.2, 0.25) is 0 Å². The van der Waals surface area contributed by atoms with Gasteiger partial charge in [-0.15, -0.1) is 0 Å². The van der Waals surface area contributed by atoms with E-state index in [0.29, 0.717) is 22.8 Å². The van der Waals surface area contributed by atoms with Crippen LogP contribution >= 0.6 is 0 Å². The van der Waals surface area contributed by atoms with E-state index in [1.807, 2.05) is 0 Å². The number of furan rings is 1. The van der Waals surface area contributed by atoms with Crippen molar-refractivity contribution in [3.8, 4) is 0 Å². The molecule has 0 aliphatic carbocycles. The molecule has 0 fully saturated rings. The Morgan fingerprint density at radius 3 is 2.79 bits per heavy atom. The molecule has 0 bridgehead atoms. The van der Waals surface area contributed by atoms with Gasteiger partial charge in [0.05, 0.1) is 30.8 Å². The van der Waals surface area contributed by atoms with Gasteiger partial charge in [-0.2, -0.15) is 0 Å². The Labute approximate surface area is 110 Å². The number of carbonyl (C=O) groups is 1. The van der Waals surface area contributed by atoms with Crippen LogP contribution in [0.5, 0.6) is 0 Å². The monoisotopic (exact) mass is 256 g/mol. The highest BCUT2D eigenvalue weighted by atomic mass is 16.5. The molecule has 5 heteroatoms. The summed E-state index contributed by atoms with van der Waals surface area (Å²) in [5.74, 6) is 0.605. The maximum Gasteiger partial charge on any atom is 0.337 e. The van der Waals surface area contributed by atoms with Gasteiger partial charge in [-0.25, -0.2) is 4.79 Å². The highest BCUT2D eigenvalue weighted by molar-refractivity contribution is 5.90. The Hall–Kier alpha value is -2.69. The van der Waals surface area contributed by atoms with Crippen molar-refractivity contribution in [1.29, 1.82) is 5.41 Å². The lowest BCUT2D eigenvalue weighted by molar-refractivity contribution is 0.0601. The molecule has 0 atom stereocenters. The number of methoxy groups -OCH3 is 1. The molecule has 5 nitrogen and oxygen atoms in total. The molecule has 19 heavy (non-hydrogen) atoms. The minimum atomic E-state index is -0.402. The van der Waals surface area contributed by atoms with Gasteiger partial charge in [0.25, 0.3) is 0 Å². The van der Waals surface area contributed by atoms with Gasteiger partial charge in [0, 0.05) is 0 Å². The molecule has 96 valence electrons. The predicted octanol–water partition coefficient (Wildman–Crippen LogP) is 2.81. The second-order valence-corrected chi connectivity index (χ2v) is 3.68. The van der Waals surface area contributed by atoms with Crippen LogP contribution in [0.3, 0.4) is 0 Å². The van der Waals surface area contributed by atoms with Crippen LogP contribution in [-0.4, -0.2) is 25.5 Å². The van der Waals surface area contributed by atoms with Gasteiger partial charge in [0.1, 0.15) is 11.5 Å². The van der Waals surface area contributed by atoms with Gasteiger partial charge in [0.15, 0.2) is 0 Å². The van der Waals surface area contributed by atoms with Crippen molar-refractivity contribution in [2.75, 3.05) is 7.11 Å². The molecule has 2 aromatic rings. The lowest BCUT2D eigenvalue weighted by Crippen LogP contribution is -1.99. The molecule has 0 spiro atoms. The topological polar surface area (TPSA) is 75.7 Å². The minimum Gasteiger partial charge on any atom is -0.465 e. The molecular weight excluding hydrogens is 244 g/mol. The third-order valence-electron chi connectivity index (χ3n) is 2.40. The number of benzene rings is 1. The molecule has 0 saturated carbocycles. The summed E-state index contributed by atoms with van der Waals surface area (Å²) in [6, 6.07) is 10.2. The Balaban J connectivity index is 2.18. The van der Waals surface area contributed by atoms with Crippen molar-refractivity contribution < 1.29 is 13.9 Å². The molecular formula is C14H12N2O3. The van der Waals surface area contributed by atoms with Crippen molar-refractivity contribution in [2.45, 2.75) is 0 Å². The van der Waals surface area contributed by atoms with Crippen LogP contribution in [0, 0.1) is 5.41 Å². The first-order chi connectivity index (χ1) is 9.22. The SMILES string of the molecule is COC(=O)c1cccc(N=Cc2ccc(C=N)o2)c1. The number of nitrogens with one attached hydrogen (secondary N) is 1. The van der Waals surface area contributed by atoms with Gasteiger partial charge in [-0.1, -0.05) is 6.07 Å². The second-order valence-electron chi connectivity index (χ2n) is 3.68. The average molecular weight is 256 g/mol. The molecule has 0 radical (unpaired) electrons. The van der Waals surface area contributed by atoms with Crippen LogP contribution in [-0.2, 0) is 4.74 Å². The number of rotatable bonds is 4. The summed E-state index contributed by atoms with van der Waals surface area (Å²) in [6.45, 7) is 0. The number of carbonyl (C=O) groups excluding carboxylic acids is 1. The molecule has 0 unspecified atom stereocenters. The van der Waals surface area contributed by atoms with Crippen LogP contribution < -0.4 is 0 Å². The van der Waals surface area contributed by atoms with E-state index in [-0.39, 0.29) is 0 Å². The zero-order valence-corrected chi connectivity index (χ0v) is 10.3. The van der Waals surface area contributed by atoms with E-state index >= 15 is 0 Å². The molecule has 0 aliphatic rings. The van der Waals surface area contributed by atoms with E-state index in [2.05, 4.69) is 9.73 Å². The van der Waals surface area contributed by atoms with Crippen LogP contribution in [0.25, 0.3) is 0 Å². The van der Waals surface area contributed by atoms with Crippen molar-refractivity contribution in [3.05, 3.63) is 53.5 Å². The fourth-order valence-electron chi connectivity index (χ4n) is 1.48. The maximum absolute atomic E-state index is 11.4. The first-order valence-electron chi connectivity index (χ1n) is 5.55. The van der Waals surface area contributed by atoms with E-state index in [1.54, 1.807) is 36.4 Å². The van der Waals surface area contributed by atoms with E-state index in [9.17, 15) is 4.79 Å². The van der Waals surface area contributed by atoms with Gasteiger partial charge < -0.3 is 14.6 Å². The molecule has 0 aliphatic heterocycles. The first-order valence-corrected chi connectivity index (χ1v) is 5.55. The third kappa shape index (κ3) is 3.16. The molecule has 0 amide bonds. The molecule has 1 aromatic carbocycles.